The number of ether oxygens (including phenoxy) is 1. The molecule has 2 aromatic carbocycles. The first-order valence-electron chi connectivity index (χ1n) is 7.39. The molecule has 2 rings (SSSR count). The zero-order valence-corrected chi connectivity index (χ0v) is 14.3. The third-order valence-corrected chi connectivity index (χ3v) is 3.89. The molecule has 0 aliphatic heterocycles. The van der Waals surface area contributed by atoms with Crippen molar-refractivity contribution in [3.05, 3.63) is 64.2 Å². The molecule has 0 saturated heterocycles. The van der Waals surface area contributed by atoms with E-state index < -0.39 is 5.91 Å². The van der Waals surface area contributed by atoms with E-state index in [1.54, 1.807) is 18.0 Å². The summed E-state index contributed by atoms with van der Waals surface area (Å²) in [5.74, 6) is -0.624. The summed E-state index contributed by atoms with van der Waals surface area (Å²) in [5, 5.41) is 0.374. The Balaban J connectivity index is 2.00. The summed E-state index contributed by atoms with van der Waals surface area (Å²) < 4.78 is 5.45. The van der Waals surface area contributed by atoms with E-state index in [4.69, 9.17) is 22.1 Å². The summed E-state index contributed by atoms with van der Waals surface area (Å²) in [7, 11) is 1.70. The van der Waals surface area contributed by atoms with Gasteiger partial charge in [-0.15, -0.1) is 0 Å². The Kier molecular flexibility index (Phi) is 5.82. The molecule has 0 aliphatic carbocycles. The van der Waals surface area contributed by atoms with Crippen LogP contribution in [0.25, 0.3) is 0 Å². The third-order valence-electron chi connectivity index (χ3n) is 3.65. The number of nitrogens with two attached hydrogens (primary N) is 1. The van der Waals surface area contributed by atoms with Crippen LogP contribution < -0.4 is 10.5 Å². The van der Waals surface area contributed by atoms with Crippen LogP contribution in [0, 0.1) is 6.92 Å². The summed E-state index contributed by atoms with van der Waals surface area (Å²) in [6.07, 6.45) is 0. The first-order chi connectivity index (χ1) is 11.4. The van der Waals surface area contributed by atoms with Crippen LogP contribution in [0.4, 0.5) is 0 Å². The minimum Gasteiger partial charge on any atom is -0.483 e. The van der Waals surface area contributed by atoms with Gasteiger partial charge >= 0.3 is 0 Å². The highest BCUT2D eigenvalue weighted by molar-refractivity contribution is 6.31. The van der Waals surface area contributed by atoms with Gasteiger partial charge in [0.25, 0.3) is 11.8 Å². The molecule has 0 fully saturated rings. The van der Waals surface area contributed by atoms with Crippen LogP contribution in [-0.2, 0) is 11.3 Å². The maximum atomic E-state index is 12.2. The van der Waals surface area contributed by atoms with Gasteiger partial charge in [0.05, 0.1) is 5.56 Å². The minimum atomic E-state index is -0.659. The highest BCUT2D eigenvalue weighted by Gasteiger charge is 2.15. The quantitative estimate of drug-likeness (QED) is 0.874. The van der Waals surface area contributed by atoms with E-state index >= 15 is 0 Å². The number of rotatable bonds is 6. The lowest BCUT2D eigenvalue weighted by Gasteiger charge is -2.19. The van der Waals surface area contributed by atoms with Crippen LogP contribution in [0.5, 0.6) is 5.75 Å². The van der Waals surface area contributed by atoms with Crippen molar-refractivity contribution in [3.63, 3.8) is 0 Å². The van der Waals surface area contributed by atoms with Crippen molar-refractivity contribution in [3.8, 4) is 5.75 Å². The number of halogens is 1. The summed E-state index contributed by atoms with van der Waals surface area (Å²) in [4.78, 5) is 25.2. The van der Waals surface area contributed by atoms with Gasteiger partial charge in [0.15, 0.2) is 6.61 Å². The Bertz CT molecular complexity index is 762. The van der Waals surface area contributed by atoms with Crippen molar-refractivity contribution >= 4 is 23.4 Å². The fourth-order valence-corrected chi connectivity index (χ4v) is 2.37. The van der Waals surface area contributed by atoms with Gasteiger partial charge in [0, 0.05) is 18.6 Å². The van der Waals surface area contributed by atoms with E-state index in [2.05, 4.69) is 0 Å². The van der Waals surface area contributed by atoms with Crippen molar-refractivity contribution in [2.24, 2.45) is 5.73 Å². The molecule has 2 N–H and O–H groups in total. The SMILES string of the molecule is Cc1ccccc1CN(C)C(=O)COc1ccc(Cl)cc1C(N)=O. The van der Waals surface area contributed by atoms with Gasteiger partial charge in [-0.1, -0.05) is 35.9 Å². The summed E-state index contributed by atoms with van der Waals surface area (Å²) >= 11 is 5.84. The number of hydrogen-bond acceptors (Lipinski definition) is 3. The molecule has 0 atom stereocenters. The van der Waals surface area contributed by atoms with E-state index in [1.807, 2.05) is 31.2 Å². The van der Waals surface area contributed by atoms with Gasteiger partial charge < -0.3 is 15.4 Å². The summed E-state index contributed by atoms with van der Waals surface area (Å²) in [6.45, 7) is 2.29. The van der Waals surface area contributed by atoms with Crippen LogP contribution >= 0.6 is 11.6 Å². The number of carbonyl (C=O) groups excluding carboxylic acids is 2. The number of primary amides is 1. The molecule has 0 spiro atoms. The second-order valence-corrected chi connectivity index (χ2v) is 5.91. The number of nitrogens with zero attached hydrogens (tertiary/aromatic N) is 1. The number of likely N-dealkylation sites (N-methyl/N-ethyl adjacent to an activating group) is 1. The van der Waals surface area contributed by atoms with Gasteiger partial charge in [-0.2, -0.15) is 0 Å². The van der Waals surface area contributed by atoms with E-state index in [-0.39, 0.29) is 23.8 Å². The van der Waals surface area contributed by atoms with E-state index in [0.29, 0.717) is 11.6 Å². The molecule has 0 aliphatic rings. The van der Waals surface area contributed by atoms with Gasteiger partial charge in [0.2, 0.25) is 0 Å². The van der Waals surface area contributed by atoms with Crippen molar-refractivity contribution in [1.82, 2.24) is 4.90 Å². The lowest BCUT2D eigenvalue weighted by molar-refractivity contribution is -0.132. The third kappa shape index (κ3) is 4.49. The molecular weight excluding hydrogens is 328 g/mol. The highest BCUT2D eigenvalue weighted by atomic mass is 35.5. The molecule has 0 bridgehead atoms. The van der Waals surface area contributed by atoms with Crippen LogP contribution in [0.15, 0.2) is 42.5 Å². The Hall–Kier alpha value is -2.53. The van der Waals surface area contributed by atoms with Crippen LogP contribution in [0.1, 0.15) is 21.5 Å². The normalized spacial score (nSPS) is 10.3. The fraction of sp³-hybridized carbons (Fsp3) is 0.222. The van der Waals surface area contributed by atoms with Crippen molar-refractivity contribution < 1.29 is 14.3 Å². The smallest absolute Gasteiger partial charge is 0.260 e. The average molecular weight is 347 g/mol. The Morgan fingerprint density at radius 1 is 1.21 bits per heavy atom. The summed E-state index contributed by atoms with van der Waals surface area (Å²) in [5.41, 5.74) is 7.63. The number of carbonyl (C=O) groups is 2. The van der Waals surface area contributed by atoms with E-state index in [0.717, 1.165) is 11.1 Å². The highest BCUT2D eigenvalue weighted by Crippen LogP contribution is 2.22. The molecule has 0 aromatic heterocycles. The van der Waals surface area contributed by atoms with Crippen LogP contribution in [0.2, 0.25) is 5.02 Å². The molecule has 0 heterocycles. The lowest BCUT2D eigenvalue weighted by Crippen LogP contribution is -2.31. The van der Waals surface area contributed by atoms with Gasteiger partial charge in [-0.25, -0.2) is 0 Å². The Morgan fingerprint density at radius 3 is 2.58 bits per heavy atom. The molecule has 0 radical (unpaired) electrons. The largest absolute Gasteiger partial charge is 0.483 e. The molecule has 0 unspecified atom stereocenters. The molecule has 126 valence electrons. The molecule has 0 saturated carbocycles. The number of benzene rings is 2. The predicted molar refractivity (Wildman–Crippen MR) is 93.1 cm³/mol. The number of amides is 2. The maximum Gasteiger partial charge on any atom is 0.260 e. The van der Waals surface area contributed by atoms with Crippen molar-refractivity contribution in [2.45, 2.75) is 13.5 Å². The minimum absolute atomic E-state index is 0.150. The number of aryl methyl sites for hydroxylation is 1. The zero-order chi connectivity index (χ0) is 17.7. The lowest BCUT2D eigenvalue weighted by atomic mass is 10.1. The monoisotopic (exact) mass is 346 g/mol. The van der Waals surface area contributed by atoms with Gasteiger partial charge in [0.1, 0.15) is 5.75 Å². The van der Waals surface area contributed by atoms with Gasteiger partial charge in [-0.3, -0.25) is 9.59 Å². The standard InChI is InChI=1S/C18H19ClN2O3/c1-12-5-3-4-6-13(12)10-21(2)17(22)11-24-16-8-7-14(19)9-15(16)18(20)23/h3-9H,10-11H2,1-2H3,(H2,20,23). The molecule has 6 heteroatoms. The molecule has 2 aromatic rings. The van der Waals surface area contributed by atoms with E-state index in [1.165, 1.54) is 12.1 Å². The molecule has 24 heavy (non-hydrogen) atoms. The Morgan fingerprint density at radius 2 is 1.92 bits per heavy atom. The molecular formula is C18H19ClN2O3. The zero-order valence-electron chi connectivity index (χ0n) is 13.6. The molecule has 2 amide bonds. The number of hydrogen-bond donors (Lipinski definition) is 1. The second kappa shape index (κ2) is 7.84. The van der Waals surface area contributed by atoms with Crippen LogP contribution in [0.3, 0.4) is 0 Å². The molecule has 5 nitrogen and oxygen atoms in total. The van der Waals surface area contributed by atoms with Crippen molar-refractivity contribution in [2.75, 3.05) is 13.7 Å². The van der Waals surface area contributed by atoms with Crippen molar-refractivity contribution in [1.29, 1.82) is 0 Å². The predicted octanol–water partition coefficient (Wildman–Crippen LogP) is 2.78. The first-order valence-corrected chi connectivity index (χ1v) is 7.77. The first kappa shape index (κ1) is 17.8. The maximum absolute atomic E-state index is 12.2. The fourth-order valence-electron chi connectivity index (χ4n) is 2.20. The second-order valence-electron chi connectivity index (χ2n) is 5.47. The average Bonchev–Trinajstić information content (AvgIpc) is 2.55. The van der Waals surface area contributed by atoms with Gasteiger partial charge in [-0.05, 0) is 36.2 Å². The van der Waals surface area contributed by atoms with Crippen LogP contribution in [-0.4, -0.2) is 30.4 Å². The van der Waals surface area contributed by atoms with E-state index in [9.17, 15) is 9.59 Å². The topological polar surface area (TPSA) is 72.6 Å². The Labute approximate surface area is 146 Å². The summed E-state index contributed by atoms with van der Waals surface area (Å²) in [6, 6.07) is 12.4.